The standard InChI is InChI=1S/C12H20N2O3S/c1-3-9-5-4-8(2)14(9)12(17)13-7-18-6-10(13)11(15)16/h8-10H,3-7H2,1-2H3,(H,15,16). The van der Waals surface area contributed by atoms with Crippen molar-refractivity contribution in [1.29, 1.82) is 0 Å². The van der Waals surface area contributed by atoms with E-state index < -0.39 is 12.0 Å². The first kappa shape index (κ1) is 13.5. The number of carboxylic acid groups (broad SMARTS) is 1. The van der Waals surface area contributed by atoms with E-state index in [1.54, 1.807) is 0 Å². The molecular weight excluding hydrogens is 252 g/mol. The molecular formula is C12H20N2O3S. The zero-order valence-electron chi connectivity index (χ0n) is 10.8. The Hall–Kier alpha value is -0.910. The van der Waals surface area contributed by atoms with E-state index >= 15 is 0 Å². The normalized spacial score (nSPS) is 32.0. The smallest absolute Gasteiger partial charge is 0.327 e. The molecule has 0 aromatic rings. The second kappa shape index (κ2) is 5.38. The van der Waals surface area contributed by atoms with Crippen molar-refractivity contribution in [1.82, 2.24) is 9.80 Å². The summed E-state index contributed by atoms with van der Waals surface area (Å²) < 4.78 is 0. The summed E-state index contributed by atoms with van der Waals surface area (Å²) in [5, 5.41) is 9.14. The van der Waals surface area contributed by atoms with Crippen molar-refractivity contribution >= 4 is 23.8 Å². The average molecular weight is 272 g/mol. The van der Waals surface area contributed by atoms with Crippen molar-refractivity contribution in [2.75, 3.05) is 11.6 Å². The van der Waals surface area contributed by atoms with Gasteiger partial charge in [-0.15, -0.1) is 11.8 Å². The van der Waals surface area contributed by atoms with Crippen LogP contribution in [0.15, 0.2) is 0 Å². The monoisotopic (exact) mass is 272 g/mol. The quantitative estimate of drug-likeness (QED) is 0.833. The number of hydrogen-bond acceptors (Lipinski definition) is 3. The molecule has 0 spiro atoms. The molecule has 0 saturated carbocycles. The van der Waals surface area contributed by atoms with E-state index in [1.165, 1.54) is 16.7 Å². The van der Waals surface area contributed by atoms with Crippen LogP contribution in [-0.2, 0) is 4.79 Å². The van der Waals surface area contributed by atoms with Gasteiger partial charge in [-0.2, -0.15) is 0 Å². The third-order valence-electron chi connectivity index (χ3n) is 3.89. The Labute approximate surface area is 112 Å². The molecule has 2 aliphatic heterocycles. The fraction of sp³-hybridized carbons (Fsp3) is 0.833. The summed E-state index contributed by atoms with van der Waals surface area (Å²) in [5.74, 6) is 0.100. The van der Waals surface area contributed by atoms with E-state index in [-0.39, 0.29) is 18.1 Å². The average Bonchev–Trinajstić information content (AvgIpc) is 2.94. The van der Waals surface area contributed by atoms with Crippen LogP contribution in [-0.4, -0.2) is 56.7 Å². The number of aliphatic carboxylic acids is 1. The summed E-state index contributed by atoms with van der Waals surface area (Å²) in [4.78, 5) is 27.1. The molecule has 0 aliphatic carbocycles. The maximum absolute atomic E-state index is 12.5. The lowest BCUT2D eigenvalue weighted by Crippen LogP contribution is -2.52. The summed E-state index contributed by atoms with van der Waals surface area (Å²) in [6.07, 6.45) is 2.99. The van der Waals surface area contributed by atoms with Crippen LogP contribution in [0.4, 0.5) is 4.79 Å². The number of carboxylic acids is 1. The molecule has 2 aliphatic rings. The van der Waals surface area contributed by atoms with E-state index in [0.717, 1.165) is 19.3 Å². The minimum absolute atomic E-state index is 0.0933. The van der Waals surface area contributed by atoms with Crippen LogP contribution in [0.3, 0.4) is 0 Å². The third kappa shape index (κ3) is 2.30. The number of carbonyl (C=O) groups excluding carboxylic acids is 1. The summed E-state index contributed by atoms with van der Waals surface area (Å²) in [6.45, 7) is 4.13. The maximum atomic E-state index is 12.5. The molecule has 102 valence electrons. The number of amides is 2. The summed E-state index contributed by atoms with van der Waals surface area (Å²) in [5.41, 5.74) is 0. The van der Waals surface area contributed by atoms with E-state index in [9.17, 15) is 9.59 Å². The van der Waals surface area contributed by atoms with Crippen LogP contribution in [0.5, 0.6) is 0 Å². The van der Waals surface area contributed by atoms with Gasteiger partial charge in [0.05, 0.1) is 5.88 Å². The summed E-state index contributed by atoms with van der Waals surface area (Å²) in [6, 6.07) is -0.257. The van der Waals surface area contributed by atoms with Gasteiger partial charge in [-0.1, -0.05) is 6.92 Å². The zero-order chi connectivity index (χ0) is 13.3. The summed E-state index contributed by atoms with van der Waals surface area (Å²) >= 11 is 1.51. The highest BCUT2D eigenvalue weighted by atomic mass is 32.2. The van der Waals surface area contributed by atoms with E-state index in [2.05, 4.69) is 6.92 Å². The molecule has 18 heavy (non-hydrogen) atoms. The van der Waals surface area contributed by atoms with Crippen molar-refractivity contribution < 1.29 is 14.7 Å². The maximum Gasteiger partial charge on any atom is 0.327 e. The number of thioether (sulfide) groups is 1. The molecule has 0 radical (unpaired) electrons. The van der Waals surface area contributed by atoms with Crippen molar-refractivity contribution in [3.05, 3.63) is 0 Å². The van der Waals surface area contributed by atoms with Crippen LogP contribution in [0.25, 0.3) is 0 Å². The molecule has 2 saturated heterocycles. The van der Waals surface area contributed by atoms with Crippen molar-refractivity contribution in [2.45, 2.75) is 51.2 Å². The first-order chi connectivity index (χ1) is 8.56. The van der Waals surface area contributed by atoms with Crippen molar-refractivity contribution in [3.63, 3.8) is 0 Å². The second-order valence-corrected chi connectivity index (χ2v) is 6.00. The van der Waals surface area contributed by atoms with Crippen molar-refractivity contribution in [2.24, 2.45) is 0 Å². The minimum atomic E-state index is -0.895. The Morgan fingerprint density at radius 1 is 1.39 bits per heavy atom. The van der Waals surface area contributed by atoms with Crippen molar-refractivity contribution in [3.8, 4) is 0 Å². The van der Waals surface area contributed by atoms with Gasteiger partial charge in [0.25, 0.3) is 0 Å². The molecule has 5 nitrogen and oxygen atoms in total. The number of rotatable bonds is 2. The van der Waals surface area contributed by atoms with Gasteiger partial charge in [0.15, 0.2) is 0 Å². The molecule has 0 aromatic carbocycles. The van der Waals surface area contributed by atoms with Gasteiger partial charge in [0, 0.05) is 17.8 Å². The molecule has 2 fully saturated rings. The summed E-state index contributed by atoms with van der Waals surface area (Å²) in [7, 11) is 0. The van der Waals surface area contributed by atoms with Crippen LogP contribution in [0.1, 0.15) is 33.1 Å². The minimum Gasteiger partial charge on any atom is -0.480 e. The molecule has 3 unspecified atom stereocenters. The van der Waals surface area contributed by atoms with E-state index in [4.69, 9.17) is 5.11 Å². The lowest BCUT2D eigenvalue weighted by Gasteiger charge is -2.33. The fourth-order valence-corrected chi connectivity index (χ4v) is 3.94. The Morgan fingerprint density at radius 3 is 2.72 bits per heavy atom. The lowest BCUT2D eigenvalue weighted by atomic mass is 10.1. The van der Waals surface area contributed by atoms with Gasteiger partial charge in [-0.3, -0.25) is 0 Å². The highest BCUT2D eigenvalue weighted by Crippen LogP contribution is 2.30. The highest BCUT2D eigenvalue weighted by Gasteiger charge is 2.41. The van der Waals surface area contributed by atoms with Crippen LogP contribution in [0, 0.1) is 0 Å². The Balaban J connectivity index is 2.12. The molecule has 0 aromatic heterocycles. The van der Waals surface area contributed by atoms with Crippen LogP contribution in [0.2, 0.25) is 0 Å². The first-order valence-corrected chi connectivity index (χ1v) is 7.61. The number of carbonyl (C=O) groups is 2. The first-order valence-electron chi connectivity index (χ1n) is 6.45. The predicted molar refractivity (Wildman–Crippen MR) is 70.6 cm³/mol. The Bertz CT molecular complexity index is 350. The fourth-order valence-electron chi connectivity index (χ4n) is 2.80. The number of likely N-dealkylation sites (tertiary alicyclic amines) is 1. The number of urea groups is 1. The SMILES string of the molecule is CCC1CCC(C)N1C(=O)N1CSCC1C(=O)O. The number of hydrogen-bond donors (Lipinski definition) is 1. The molecule has 6 heteroatoms. The van der Waals surface area contributed by atoms with E-state index in [1.807, 2.05) is 11.8 Å². The van der Waals surface area contributed by atoms with E-state index in [0.29, 0.717) is 11.6 Å². The largest absolute Gasteiger partial charge is 0.480 e. The third-order valence-corrected chi connectivity index (χ3v) is 4.90. The van der Waals surface area contributed by atoms with Gasteiger partial charge in [-0.05, 0) is 26.2 Å². The Morgan fingerprint density at radius 2 is 2.11 bits per heavy atom. The van der Waals surface area contributed by atoms with Gasteiger partial charge in [0.1, 0.15) is 6.04 Å². The molecule has 2 rings (SSSR count). The topological polar surface area (TPSA) is 60.9 Å². The molecule has 1 N–H and O–H groups in total. The van der Waals surface area contributed by atoms with Crippen LogP contribution < -0.4 is 0 Å². The van der Waals surface area contributed by atoms with Gasteiger partial charge in [0.2, 0.25) is 0 Å². The zero-order valence-corrected chi connectivity index (χ0v) is 11.7. The molecule has 0 bridgehead atoms. The molecule has 2 heterocycles. The second-order valence-electron chi connectivity index (χ2n) is 5.00. The number of nitrogens with zero attached hydrogens (tertiary/aromatic N) is 2. The molecule has 3 atom stereocenters. The van der Waals surface area contributed by atoms with Gasteiger partial charge < -0.3 is 14.9 Å². The lowest BCUT2D eigenvalue weighted by molar-refractivity contribution is -0.141. The molecule has 2 amide bonds. The predicted octanol–water partition coefficient (Wildman–Crippen LogP) is 1.83. The van der Waals surface area contributed by atoms with Crippen LogP contribution >= 0.6 is 11.8 Å². The van der Waals surface area contributed by atoms with Gasteiger partial charge in [-0.25, -0.2) is 9.59 Å². The highest BCUT2D eigenvalue weighted by molar-refractivity contribution is 7.99. The van der Waals surface area contributed by atoms with Gasteiger partial charge >= 0.3 is 12.0 Å². The Kier molecular flexibility index (Phi) is 4.04.